The third-order valence-electron chi connectivity index (χ3n) is 9.12. The van der Waals surface area contributed by atoms with Gasteiger partial charge in [0.2, 0.25) is 0 Å². The average Bonchev–Trinajstić information content (AvgIpc) is 3.61. The molecular weight excluding hydrogens is 528 g/mol. The van der Waals surface area contributed by atoms with Crippen molar-refractivity contribution in [3.8, 4) is 0 Å². The number of carbonyl (C=O) groups is 2. The van der Waals surface area contributed by atoms with Crippen molar-refractivity contribution >= 4 is 47.1 Å². The summed E-state index contributed by atoms with van der Waals surface area (Å²) in [5, 5.41) is 20.8. The summed E-state index contributed by atoms with van der Waals surface area (Å²) in [5.41, 5.74) is 11.6. The number of carboxylic acid groups (broad SMARTS) is 1. The van der Waals surface area contributed by atoms with Crippen LogP contribution in [0.25, 0.3) is 18.2 Å². The normalized spacial score (nSPS) is 23.1. The summed E-state index contributed by atoms with van der Waals surface area (Å²) < 4.78 is 0. The maximum atomic E-state index is 13.3. The molecule has 42 heavy (non-hydrogen) atoms. The first kappa shape index (κ1) is 27.6. The van der Waals surface area contributed by atoms with Gasteiger partial charge in [-0.15, -0.1) is 0 Å². The number of aliphatic carboxylic acids is 1. The van der Waals surface area contributed by atoms with Gasteiger partial charge in [-0.1, -0.05) is 26.5 Å². The Kier molecular flexibility index (Phi) is 6.60. The molecule has 0 amide bonds. The molecule has 8 heteroatoms. The van der Waals surface area contributed by atoms with Gasteiger partial charge in [0.05, 0.1) is 40.5 Å². The molecule has 0 saturated carbocycles. The summed E-state index contributed by atoms with van der Waals surface area (Å²) in [5.74, 6) is -1.58. The Morgan fingerprint density at radius 1 is 1.07 bits per heavy atom. The SMILES string of the molecule is C=Cc1c2[nH]c(c1C)C=C1N=C(C3=C(O)CC(=O)C4=C(C)C(=CC5=NC(=C2)C(C)=C5CC)N=C34)[C@@H](CCC(=O)O)[C@@H]1C. The van der Waals surface area contributed by atoms with E-state index in [2.05, 4.69) is 25.4 Å². The highest BCUT2D eigenvalue weighted by Crippen LogP contribution is 2.43. The Bertz CT molecular complexity index is 1790. The number of aliphatic hydroxyl groups is 1. The van der Waals surface area contributed by atoms with Gasteiger partial charge in [0.25, 0.3) is 0 Å². The number of rotatable bonds is 5. The fourth-order valence-electron chi connectivity index (χ4n) is 6.72. The Balaban J connectivity index is 1.67. The first-order valence-corrected chi connectivity index (χ1v) is 14.4. The molecule has 0 fully saturated rings. The predicted octanol–water partition coefficient (Wildman–Crippen LogP) is 6.85. The van der Waals surface area contributed by atoms with E-state index in [0.29, 0.717) is 34.7 Å². The van der Waals surface area contributed by atoms with Crippen molar-refractivity contribution in [3.63, 3.8) is 0 Å². The summed E-state index contributed by atoms with van der Waals surface area (Å²) in [6.45, 7) is 14.2. The number of aromatic amines is 1. The lowest BCUT2D eigenvalue weighted by Crippen LogP contribution is -2.30. The van der Waals surface area contributed by atoms with E-state index in [1.54, 1.807) is 0 Å². The Morgan fingerprint density at radius 3 is 2.50 bits per heavy atom. The lowest BCUT2D eigenvalue weighted by molar-refractivity contribution is -0.137. The zero-order valence-corrected chi connectivity index (χ0v) is 24.6. The molecule has 214 valence electrons. The number of nitrogens with one attached hydrogen (secondary N) is 1. The molecule has 1 aromatic heterocycles. The minimum absolute atomic E-state index is 0.0429. The number of hydrogen-bond donors (Lipinski definition) is 3. The van der Waals surface area contributed by atoms with Crippen LogP contribution in [0.3, 0.4) is 0 Å². The van der Waals surface area contributed by atoms with E-state index in [1.807, 2.05) is 45.1 Å². The molecule has 5 aliphatic rings. The topological polar surface area (TPSA) is 127 Å². The van der Waals surface area contributed by atoms with E-state index in [4.69, 9.17) is 15.0 Å². The number of allylic oxidation sites excluding steroid dienone is 8. The van der Waals surface area contributed by atoms with E-state index in [9.17, 15) is 19.8 Å². The van der Waals surface area contributed by atoms with Crippen LogP contribution in [0.5, 0.6) is 0 Å². The van der Waals surface area contributed by atoms with E-state index >= 15 is 0 Å². The number of nitrogens with zero attached hydrogens (tertiary/aromatic N) is 3. The number of Topliss-reactive ketones (excluding diaryl/α,β-unsaturated/α-hetero) is 1. The second-order valence-electron chi connectivity index (χ2n) is 11.5. The van der Waals surface area contributed by atoms with Gasteiger partial charge in [-0.05, 0) is 74.1 Å². The number of carboxylic acids is 1. The molecule has 8 bridgehead atoms. The van der Waals surface area contributed by atoms with Crippen molar-refractivity contribution in [1.82, 2.24) is 4.98 Å². The van der Waals surface area contributed by atoms with E-state index in [-0.39, 0.29) is 36.2 Å². The van der Waals surface area contributed by atoms with Gasteiger partial charge in [0, 0.05) is 46.5 Å². The van der Waals surface area contributed by atoms with E-state index < -0.39 is 5.97 Å². The van der Waals surface area contributed by atoms with Crippen LogP contribution in [-0.2, 0) is 9.59 Å². The summed E-state index contributed by atoms with van der Waals surface area (Å²) in [6, 6.07) is 0. The Morgan fingerprint density at radius 2 is 1.81 bits per heavy atom. The number of fused-ring (bicyclic) bond motifs is 6. The lowest BCUT2D eigenvalue weighted by atomic mass is 9.78. The van der Waals surface area contributed by atoms with Crippen molar-refractivity contribution in [2.45, 2.75) is 60.3 Å². The summed E-state index contributed by atoms with van der Waals surface area (Å²) in [7, 11) is 0. The molecule has 0 saturated heterocycles. The zero-order chi connectivity index (χ0) is 30.0. The van der Waals surface area contributed by atoms with Gasteiger partial charge in [-0.25, -0.2) is 9.98 Å². The molecule has 2 atom stereocenters. The average molecular weight is 563 g/mol. The van der Waals surface area contributed by atoms with E-state index in [0.717, 1.165) is 62.8 Å². The molecule has 8 nitrogen and oxygen atoms in total. The molecule has 5 heterocycles. The second-order valence-corrected chi connectivity index (χ2v) is 11.5. The van der Waals surface area contributed by atoms with Crippen molar-refractivity contribution in [3.05, 3.63) is 85.9 Å². The highest BCUT2D eigenvalue weighted by Gasteiger charge is 2.43. The first-order valence-electron chi connectivity index (χ1n) is 14.4. The van der Waals surface area contributed by atoms with Gasteiger partial charge in [-0.3, -0.25) is 14.6 Å². The second kappa shape index (κ2) is 10.0. The number of aliphatic imine (C=N–C) groups is 3. The summed E-state index contributed by atoms with van der Waals surface area (Å²) >= 11 is 0. The van der Waals surface area contributed by atoms with Crippen LogP contribution in [-0.4, -0.2) is 44.1 Å². The molecule has 0 radical (unpaired) electrons. The number of hydrogen-bond acceptors (Lipinski definition) is 6. The zero-order valence-electron chi connectivity index (χ0n) is 24.6. The minimum Gasteiger partial charge on any atom is -0.511 e. The van der Waals surface area contributed by atoms with Crippen LogP contribution in [0.2, 0.25) is 0 Å². The number of carbonyl (C=O) groups excluding carboxylic acids is 1. The molecule has 3 N–H and O–H groups in total. The van der Waals surface area contributed by atoms with Crippen LogP contribution in [0.15, 0.2) is 78.3 Å². The van der Waals surface area contributed by atoms with E-state index in [1.165, 1.54) is 0 Å². The summed E-state index contributed by atoms with van der Waals surface area (Å²) in [4.78, 5) is 43.4. The first-order chi connectivity index (χ1) is 20.0. The quantitative estimate of drug-likeness (QED) is 0.362. The van der Waals surface area contributed by atoms with Gasteiger partial charge >= 0.3 is 5.97 Å². The maximum absolute atomic E-state index is 13.3. The number of ketones is 1. The minimum atomic E-state index is -0.895. The third-order valence-corrected chi connectivity index (χ3v) is 9.12. The summed E-state index contributed by atoms with van der Waals surface area (Å²) in [6.07, 6.45) is 8.73. The number of aromatic nitrogens is 1. The molecule has 0 aromatic carbocycles. The van der Waals surface area contributed by atoms with Crippen molar-refractivity contribution in [2.75, 3.05) is 0 Å². The van der Waals surface area contributed by atoms with Crippen LogP contribution in [0, 0.1) is 18.8 Å². The fourth-order valence-corrected chi connectivity index (χ4v) is 6.72. The molecule has 6 rings (SSSR count). The smallest absolute Gasteiger partial charge is 0.303 e. The van der Waals surface area contributed by atoms with Crippen molar-refractivity contribution in [1.29, 1.82) is 0 Å². The van der Waals surface area contributed by atoms with Crippen LogP contribution in [0.4, 0.5) is 0 Å². The van der Waals surface area contributed by atoms with Gasteiger partial charge < -0.3 is 15.2 Å². The monoisotopic (exact) mass is 562 g/mol. The largest absolute Gasteiger partial charge is 0.511 e. The molecular formula is C34H34N4O4. The fraction of sp³-hybridized carbons (Fsp3) is 0.324. The molecule has 0 spiro atoms. The molecule has 1 aliphatic carbocycles. The number of H-pyrrole nitrogens is 1. The number of aliphatic hydroxyl groups excluding tert-OH is 1. The molecule has 1 aromatic rings. The standard InChI is InChI=1S/C34H34N4O4/c1-7-19-15(3)22-11-24-17(5)21(9-10-30(41)42)33(37-24)32-29(40)14-28(39)31-18(6)25(38-34(31)32)13-27-20(8-2)16(4)23(36-27)12-26(19)35-22/h7,11-13,17,21,35,40H,1,8-10,14H2,2-6H3,(H,41,42)/t17-,21-/m0/s1. The third kappa shape index (κ3) is 4.16. The van der Waals surface area contributed by atoms with Crippen LogP contribution >= 0.6 is 0 Å². The Labute approximate surface area is 244 Å². The van der Waals surface area contributed by atoms with Gasteiger partial charge in [0.1, 0.15) is 5.76 Å². The van der Waals surface area contributed by atoms with Gasteiger partial charge in [0.15, 0.2) is 5.78 Å². The maximum Gasteiger partial charge on any atom is 0.303 e. The van der Waals surface area contributed by atoms with Crippen LogP contribution in [0.1, 0.15) is 75.9 Å². The highest BCUT2D eigenvalue weighted by atomic mass is 16.4. The van der Waals surface area contributed by atoms with Crippen LogP contribution < -0.4 is 0 Å². The van der Waals surface area contributed by atoms with Gasteiger partial charge in [-0.2, -0.15) is 0 Å². The van der Waals surface area contributed by atoms with Crippen molar-refractivity contribution < 1.29 is 19.8 Å². The predicted molar refractivity (Wildman–Crippen MR) is 166 cm³/mol. The molecule has 4 aliphatic heterocycles. The van der Waals surface area contributed by atoms with Crippen molar-refractivity contribution in [2.24, 2.45) is 26.8 Å². The molecule has 0 unspecified atom stereocenters. The highest BCUT2D eigenvalue weighted by molar-refractivity contribution is 6.42. The Hall–Kier alpha value is -4.59. The lowest BCUT2D eigenvalue weighted by Gasteiger charge is -2.23.